The van der Waals surface area contributed by atoms with Gasteiger partial charge in [-0.1, -0.05) is 13.8 Å². The summed E-state index contributed by atoms with van der Waals surface area (Å²) in [7, 11) is -3.25. The topological polar surface area (TPSA) is 60.9 Å². The van der Waals surface area contributed by atoms with Crippen LogP contribution in [0.2, 0.25) is 0 Å². The average Bonchev–Trinajstić information content (AvgIpc) is 2.03. The Morgan fingerprint density at radius 2 is 1.86 bits per heavy atom. The molecule has 1 fully saturated rings. The lowest BCUT2D eigenvalue weighted by Gasteiger charge is -2.39. The normalized spacial score (nSPS) is 20.0. The van der Waals surface area contributed by atoms with Crippen LogP contribution in [0.4, 0.5) is 0 Å². The van der Waals surface area contributed by atoms with Gasteiger partial charge in [0, 0.05) is 38.7 Å². The Kier molecular flexibility index (Phi) is 3.88. The fraction of sp³-hybridized carbons (Fsp3) is 1.00. The Morgan fingerprint density at radius 3 is 2.21 bits per heavy atom. The summed E-state index contributed by atoms with van der Waals surface area (Å²) in [6.45, 7) is 5.63. The molecule has 0 amide bonds. The summed E-state index contributed by atoms with van der Waals surface area (Å²) in [6.07, 6.45) is 0. The largest absolute Gasteiger partial charge is 0.396 e. The molecule has 0 aromatic carbocycles. The van der Waals surface area contributed by atoms with Crippen molar-refractivity contribution >= 4 is 10.2 Å². The summed E-state index contributed by atoms with van der Waals surface area (Å²) in [5.41, 5.74) is 0. The van der Waals surface area contributed by atoms with E-state index in [2.05, 4.69) is 0 Å². The molecule has 0 aromatic heterocycles. The van der Waals surface area contributed by atoms with E-state index in [4.69, 9.17) is 5.11 Å². The van der Waals surface area contributed by atoms with Crippen LogP contribution in [0.5, 0.6) is 0 Å². The SMILES string of the molecule is CCN(CC)S(=O)(=O)N1CC(CO)C1. The van der Waals surface area contributed by atoms with E-state index in [-0.39, 0.29) is 12.5 Å². The van der Waals surface area contributed by atoms with Gasteiger partial charge in [-0.3, -0.25) is 0 Å². The van der Waals surface area contributed by atoms with E-state index in [1.165, 1.54) is 8.61 Å². The Labute approximate surface area is 85.5 Å². The lowest BCUT2D eigenvalue weighted by molar-refractivity contribution is 0.111. The van der Waals surface area contributed by atoms with Crippen molar-refractivity contribution in [2.24, 2.45) is 5.92 Å². The van der Waals surface area contributed by atoms with Gasteiger partial charge in [0.25, 0.3) is 10.2 Å². The molecule has 5 nitrogen and oxygen atoms in total. The van der Waals surface area contributed by atoms with E-state index >= 15 is 0 Å². The third kappa shape index (κ3) is 2.08. The molecule has 1 rings (SSSR count). The van der Waals surface area contributed by atoms with Crippen molar-refractivity contribution in [3.63, 3.8) is 0 Å². The zero-order valence-corrected chi connectivity index (χ0v) is 9.50. The number of aliphatic hydroxyl groups excluding tert-OH is 1. The van der Waals surface area contributed by atoms with Gasteiger partial charge in [-0.2, -0.15) is 17.0 Å². The highest BCUT2D eigenvalue weighted by Gasteiger charge is 2.37. The summed E-state index contributed by atoms with van der Waals surface area (Å²) < 4.78 is 26.5. The fourth-order valence-corrected chi connectivity index (χ4v) is 3.32. The molecule has 0 radical (unpaired) electrons. The Morgan fingerprint density at radius 1 is 1.36 bits per heavy atom. The van der Waals surface area contributed by atoms with Crippen molar-refractivity contribution in [1.29, 1.82) is 0 Å². The maximum Gasteiger partial charge on any atom is 0.281 e. The second-order valence-corrected chi connectivity index (χ2v) is 5.39. The predicted octanol–water partition coefficient (Wildman–Crippen LogP) is -0.503. The fourth-order valence-electron chi connectivity index (χ4n) is 1.54. The van der Waals surface area contributed by atoms with E-state index in [9.17, 15) is 8.42 Å². The van der Waals surface area contributed by atoms with Gasteiger partial charge in [-0.15, -0.1) is 0 Å². The van der Waals surface area contributed by atoms with Crippen molar-refractivity contribution in [3.05, 3.63) is 0 Å². The van der Waals surface area contributed by atoms with Gasteiger partial charge < -0.3 is 5.11 Å². The molecule has 0 spiro atoms. The van der Waals surface area contributed by atoms with E-state index < -0.39 is 10.2 Å². The van der Waals surface area contributed by atoms with Gasteiger partial charge in [0.05, 0.1) is 0 Å². The molecule has 1 aliphatic rings. The molecule has 0 saturated carbocycles. The number of hydrogen-bond acceptors (Lipinski definition) is 3. The zero-order valence-electron chi connectivity index (χ0n) is 8.68. The number of nitrogens with zero attached hydrogens (tertiary/aromatic N) is 2. The standard InChI is InChI=1S/C8H18N2O3S/c1-3-9(4-2)14(12,13)10-5-8(6-10)7-11/h8,11H,3-7H2,1-2H3. The highest BCUT2D eigenvalue weighted by Crippen LogP contribution is 2.21. The first kappa shape index (κ1) is 11.9. The van der Waals surface area contributed by atoms with Crippen molar-refractivity contribution in [2.75, 3.05) is 32.8 Å². The Bertz CT molecular complexity index is 268. The molecule has 0 atom stereocenters. The second kappa shape index (κ2) is 4.57. The smallest absolute Gasteiger partial charge is 0.281 e. The molecule has 0 bridgehead atoms. The minimum atomic E-state index is -3.25. The minimum absolute atomic E-state index is 0.0737. The van der Waals surface area contributed by atoms with E-state index in [1.807, 2.05) is 13.8 Å². The number of aliphatic hydroxyl groups is 1. The molecular weight excluding hydrogens is 204 g/mol. The molecule has 0 aliphatic carbocycles. The minimum Gasteiger partial charge on any atom is -0.396 e. The summed E-state index contributed by atoms with van der Waals surface area (Å²) in [4.78, 5) is 0. The lowest BCUT2D eigenvalue weighted by atomic mass is 10.1. The van der Waals surface area contributed by atoms with Crippen LogP contribution in [0.15, 0.2) is 0 Å². The first-order valence-electron chi connectivity index (χ1n) is 4.92. The maximum atomic E-state index is 11.8. The lowest BCUT2D eigenvalue weighted by Crippen LogP contribution is -2.55. The summed E-state index contributed by atoms with van der Waals surface area (Å²) in [5, 5.41) is 8.79. The molecule has 0 unspecified atom stereocenters. The second-order valence-electron chi connectivity index (χ2n) is 3.46. The molecular formula is C8H18N2O3S. The van der Waals surface area contributed by atoms with Gasteiger partial charge in [0.1, 0.15) is 0 Å². The molecule has 0 aromatic rings. The van der Waals surface area contributed by atoms with Crippen molar-refractivity contribution in [2.45, 2.75) is 13.8 Å². The summed E-state index contributed by atoms with van der Waals surface area (Å²) in [5.74, 6) is 0.125. The van der Waals surface area contributed by atoms with Crippen LogP contribution in [-0.2, 0) is 10.2 Å². The molecule has 1 heterocycles. The van der Waals surface area contributed by atoms with E-state index in [1.54, 1.807) is 0 Å². The van der Waals surface area contributed by atoms with Gasteiger partial charge >= 0.3 is 0 Å². The van der Waals surface area contributed by atoms with Gasteiger partial charge in [0.15, 0.2) is 0 Å². The zero-order chi connectivity index (χ0) is 10.8. The summed E-state index contributed by atoms with van der Waals surface area (Å²) >= 11 is 0. The predicted molar refractivity (Wildman–Crippen MR) is 54.0 cm³/mol. The molecule has 1 aliphatic heterocycles. The molecule has 6 heteroatoms. The van der Waals surface area contributed by atoms with Crippen LogP contribution in [0.25, 0.3) is 0 Å². The van der Waals surface area contributed by atoms with Crippen LogP contribution >= 0.6 is 0 Å². The van der Waals surface area contributed by atoms with Crippen molar-refractivity contribution in [1.82, 2.24) is 8.61 Å². The molecule has 1 N–H and O–H groups in total. The van der Waals surface area contributed by atoms with Crippen LogP contribution in [0.1, 0.15) is 13.8 Å². The summed E-state index contributed by atoms with van der Waals surface area (Å²) in [6, 6.07) is 0. The first-order valence-corrected chi connectivity index (χ1v) is 6.32. The van der Waals surface area contributed by atoms with Gasteiger partial charge in [0.2, 0.25) is 0 Å². The van der Waals surface area contributed by atoms with Crippen LogP contribution < -0.4 is 0 Å². The number of rotatable bonds is 5. The monoisotopic (exact) mass is 222 g/mol. The first-order chi connectivity index (χ1) is 6.56. The molecule has 14 heavy (non-hydrogen) atoms. The van der Waals surface area contributed by atoms with E-state index in [0.29, 0.717) is 26.2 Å². The van der Waals surface area contributed by atoms with Crippen molar-refractivity contribution in [3.8, 4) is 0 Å². The highest BCUT2D eigenvalue weighted by molar-refractivity contribution is 7.86. The average molecular weight is 222 g/mol. The molecule has 1 saturated heterocycles. The Balaban J connectivity index is 2.59. The van der Waals surface area contributed by atoms with Gasteiger partial charge in [-0.05, 0) is 0 Å². The van der Waals surface area contributed by atoms with Crippen LogP contribution in [0, 0.1) is 5.92 Å². The third-order valence-electron chi connectivity index (χ3n) is 2.54. The third-order valence-corrected chi connectivity index (χ3v) is 4.66. The van der Waals surface area contributed by atoms with Gasteiger partial charge in [-0.25, -0.2) is 0 Å². The van der Waals surface area contributed by atoms with Crippen LogP contribution in [0.3, 0.4) is 0 Å². The maximum absolute atomic E-state index is 11.8. The van der Waals surface area contributed by atoms with E-state index in [0.717, 1.165) is 0 Å². The van der Waals surface area contributed by atoms with Crippen LogP contribution in [-0.4, -0.2) is 54.9 Å². The highest BCUT2D eigenvalue weighted by atomic mass is 32.2. The van der Waals surface area contributed by atoms with Crippen molar-refractivity contribution < 1.29 is 13.5 Å². The number of hydrogen-bond donors (Lipinski definition) is 1. The molecule has 84 valence electrons. The Hall–Kier alpha value is -0.170. The quantitative estimate of drug-likeness (QED) is 0.682.